The molecular weight excluding hydrogens is 506 g/mol. The molecule has 2 aliphatic rings. The lowest BCUT2D eigenvalue weighted by Crippen LogP contribution is -2.36. The molecular formula is C28H29N3O6S. The van der Waals surface area contributed by atoms with Gasteiger partial charge in [0.05, 0.1) is 29.4 Å². The van der Waals surface area contributed by atoms with Crippen molar-refractivity contribution in [3.63, 3.8) is 0 Å². The number of nitrogens with zero attached hydrogens (tertiary/aromatic N) is 2. The van der Waals surface area contributed by atoms with Gasteiger partial charge in [0.25, 0.3) is 15.9 Å². The zero-order valence-corrected chi connectivity index (χ0v) is 21.8. The maximum atomic E-state index is 13.5. The number of hydrogen-bond acceptors (Lipinski definition) is 7. The summed E-state index contributed by atoms with van der Waals surface area (Å²) in [7, 11) is -3.91. The summed E-state index contributed by atoms with van der Waals surface area (Å²) in [6, 6.07) is 20.2. The molecule has 1 saturated heterocycles. The first kappa shape index (κ1) is 25.7. The van der Waals surface area contributed by atoms with E-state index < -0.39 is 28.5 Å². The van der Waals surface area contributed by atoms with Gasteiger partial charge in [-0.1, -0.05) is 24.3 Å². The van der Waals surface area contributed by atoms with Crippen LogP contribution in [0.3, 0.4) is 0 Å². The van der Waals surface area contributed by atoms with Crippen molar-refractivity contribution in [2.24, 2.45) is 0 Å². The zero-order valence-electron chi connectivity index (χ0n) is 21.0. The summed E-state index contributed by atoms with van der Waals surface area (Å²) in [6.45, 7) is 4.35. The van der Waals surface area contributed by atoms with Crippen LogP contribution in [0.1, 0.15) is 22.8 Å². The molecule has 0 saturated carbocycles. The minimum atomic E-state index is -3.91. The van der Waals surface area contributed by atoms with Crippen molar-refractivity contribution in [3.05, 3.63) is 83.9 Å². The Morgan fingerprint density at radius 3 is 2.50 bits per heavy atom. The number of ether oxygens (including phenoxy) is 2. The van der Waals surface area contributed by atoms with Crippen LogP contribution in [-0.2, 0) is 30.7 Å². The number of benzene rings is 3. The third-order valence-electron chi connectivity index (χ3n) is 6.63. The lowest BCUT2D eigenvalue weighted by molar-refractivity contribution is -0.119. The van der Waals surface area contributed by atoms with Crippen LogP contribution in [0.15, 0.2) is 77.7 Å². The second-order valence-corrected chi connectivity index (χ2v) is 11.1. The minimum Gasteiger partial charge on any atom is -0.452 e. The van der Waals surface area contributed by atoms with Crippen LogP contribution in [0.2, 0.25) is 0 Å². The summed E-state index contributed by atoms with van der Waals surface area (Å²) in [6.07, 6.45) is 0.613. The Labute approximate surface area is 222 Å². The second-order valence-electron chi connectivity index (χ2n) is 9.28. The van der Waals surface area contributed by atoms with Crippen LogP contribution in [0.5, 0.6) is 0 Å². The van der Waals surface area contributed by atoms with Crippen molar-refractivity contribution in [2.75, 3.05) is 47.4 Å². The highest BCUT2D eigenvalue weighted by Crippen LogP contribution is 2.36. The van der Waals surface area contributed by atoms with Gasteiger partial charge >= 0.3 is 5.97 Å². The van der Waals surface area contributed by atoms with Gasteiger partial charge in [-0.2, -0.15) is 0 Å². The van der Waals surface area contributed by atoms with E-state index in [2.05, 4.69) is 10.2 Å². The van der Waals surface area contributed by atoms with Crippen LogP contribution in [0.25, 0.3) is 0 Å². The molecule has 0 bridgehead atoms. The van der Waals surface area contributed by atoms with Gasteiger partial charge in [-0.3, -0.25) is 9.10 Å². The summed E-state index contributed by atoms with van der Waals surface area (Å²) in [4.78, 5) is 27.2. The largest absolute Gasteiger partial charge is 0.452 e. The Bertz CT molecular complexity index is 1430. The number of fused-ring (bicyclic) bond motifs is 1. The van der Waals surface area contributed by atoms with Crippen molar-refractivity contribution >= 4 is 39.0 Å². The molecule has 0 aliphatic carbocycles. The van der Waals surface area contributed by atoms with Crippen LogP contribution in [0.4, 0.5) is 17.1 Å². The average Bonchev–Trinajstić information content (AvgIpc) is 3.29. The molecule has 0 radical (unpaired) electrons. The zero-order chi connectivity index (χ0) is 26.7. The monoisotopic (exact) mass is 535 g/mol. The van der Waals surface area contributed by atoms with E-state index >= 15 is 0 Å². The van der Waals surface area contributed by atoms with E-state index in [-0.39, 0.29) is 16.5 Å². The standard InChI is InChI=1S/C28H29N3O6S/c1-20-17-21-5-2-3-8-26(21)31(20)38(34,35)25-7-4-6-22(18-25)28(33)37-19-27(32)29-23-9-11-24(12-10-23)30-13-15-36-16-14-30/h2-12,18,20H,13-17,19H2,1H3,(H,29,32). The molecule has 5 rings (SSSR count). The molecule has 2 heterocycles. The van der Waals surface area contributed by atoms with Crippen molar-refractivity contribution in [1.29, 1.82) is 0 Å². The summed E-state index contributed by atoms with van der Waals surface area (Å²) in [5.41, 5.74) is 3.27. The van der Waals surface area contributed by atoms with Gasteiger partial charge in [-0.25, -0.2) is 13.2 Å². The van der Waals surface area contributed by atoms with Gasteiger partial charge < -0.3 is 19.7 Å². The fourth-order valence-electron chi connectivity index (χ4n) is 4.79. The number of esters is 1. The fourth-order valence-corrected chi connectivity index (χ4v) is 6.53. The number of rotatable bonds is 7. The Morgan fingerprint density at radius 1 is 1.00 bits per heavy atom. The first-order valence-electron chi connectivity index (χ1n) is 12.4. The van der Waals surface area contributed by atoms with Crippen LogP contribution in [0, 0.1) is 0 Å². The quantitative estimate of drug-likeness (QED) is 0.462. The molecule has 1 amide bonds. The number of anilines is 3. The molecule has 198 valence electrons. The van der Waals surface area contributed by atoms with Crippen LogP contribution < -0.4 is 14.5 Å². The third-order valence-corrected chi connectivity index (χ3v) is 8.56. The molecule has 3 aromatic carbocycles. The maximum Gasteiger partial charge on any atom is 0.338 e. The first-order chi connectivity index (χ1) is 18.3. The number of carbonyl (C=O) groups excluding carboxylic acids is 2. The van der Waals surface area contributed by atoms with Gasteiger partial charge in [0, 0.05) is 30.5 Å². The molecule has 1 N–H and O–H groups in total. The molecule has 1 fully saturated rings. The highest BCUT2D eigenvalue weighted by molar-refractivity contribution is 7.92. The molecule has 9 nitrogen and oxygen atoms in total. The Hall–Kier alpha value is -3.89. The van der Waals surface area contributed by atoms with Crippen molar-refractivity contribution in [2.45, 2.75) is 24.3 Å². The number of para-hydroxylation sites is 1. The lowest BCUT2D eigenvalue weighted by atomic mass is 10.1. The van der Waals surface area contributed by atoms with Gasteiger partial charge in [0.15, 0.2) is 6.61 Å². The first-order valence-corrected chi connectivity index (χ1v) is 13.9. The molecule has 10 heteroatoms. The smallest absolute Gasteiger partial charge is 0.338 e. The van der Waals surface area contributed by atoms with E-state index in [1.165, 1.54) is 28.6 Å². The maximum absolute atomic E-state index is 13.5. The molecule has 1 unspecified atom stereocenters. The minimum absolute atomic E-state index is 0.0136. The Kier molecular flexibility index (Phi) is 7.35. The fraction of sp³-hybridized carbons (Fsp3) is 0.286. The topological polar surface area (TPSA) is 105 Å². The highest BCUT2D eigenvalue weighted by Gasteiger charge is 2.36. The molecule has 0 aromatic heterocycles. The third kappa shape index (κ3) is 5.36. The summed E-state index contributed by atoms with van der Waals surface area (Å²) >= 11 is 0. The van der Waals surface area contributed by atoms with Crippen molar-refractivity contribution in [1.82, 2.24) is 0 Å². The van der Waals surface area contributed by atoms with E-state index in [1.807, 2.05) is 31.2 Å². The number of hydrogen-bond donors (Lipinski definition) is 1. The van der Waals surface area contributed by atoms with Crippen LogP contribution in [-0.4, -0.2) is 59.2 Å². The van der Waals surface area contributed by atoms with E-state index in [0.29, 0.717) is 31.0 Å². The summed E-state index contributed by atoms with van der Waals surface area (Å²) in [5, 5.41) is 2.70. The Morgan fingerprint density at radius 2 is 1.74 bits per heavy atom. The van der Waals surface area contributed by atoms with E-state index in [9.17, 15) is 18.0 Å². The molecule has 3 aromatic rings. The van der Waals surface area contributed by atoms with E-state index in [4.69, 9.17) is 9.47 Å². The molecule has 38 heavy (non-hydrogen) atoms. The average molecular weight is 536 g/mol. The number of carbonyl (C=O) groups is 2. The van der Waals surface area contributed by atoms with Crippen molar-refractivity contribution in [3.8, 4) is 0 Å². The normalized spacial score (nSPS) is 17.1. The highest BCUT2D eigenvalue weighted by atomic mass is 32.2. The predicted octanol–water partition coefficient (Wildman–Crippen LogP) is 3.46. The lowest BCUT2D eigenvalue weighted by Gasteiger charge is -2.28. The number of amides is 1. The molecule has 0 spiro atoms. The predicted molar refractivity (Wildman–Crippen MR) is 144 cm³/mol. The number of sulfonamides is 1. The van der Waals surface area contributed by atoms with Gasteiger partial charge in [-0.15, -0.1) is 0 Å². The Balaban J connectivity index is 1.20. The van der Waals surface area contributed by atoms with Crippen molar-refractivity contribution < 1.29 is 27.5 Å². The number of nitrogens with one attached hydrogen (secondary N) is 1. The SMILES string of the molecule is CC1Cc2ccccc2N1S(=O)(=O)c1cccc(C(=O)OCC(=O)Nc2ccc(N3CCOCC3)cc2)c1. The van der Waals surface area contributed by atoms with Gasteiger partial charge in [0.2, 0.25) is 0 Å². The summed E-state index contributed by atoms with van der Waals surface area (Å²) in [5.74, 6) is -1.28. The molecule has 2 aliphatic heterocycles. The summed E-state index contributed by atoms with van der Waals surface area (Å²) < 4.78 is 38.9. The number of morpholine rings is 1. The van der Waals surface area contributed by atoms with Gasteiger partial charge in [-0.05, 0) is 67.4 Å². The van der Waals surface area contributed by atoms with Gasteiger partial charge in [0.1, 0.15) is 0 Å². The van der Waals surface area contributed by atoms with Crippen LogP contribution >= 0.6 is 0 Å². The van der Waals surface area contributed by atoms with E-state index in [1.54, 1.807) is 24.3 Å². The molecule has 1 atom stereocenters. The second kappa shape index (κ2) is 10.8. The van der Waals surface area contributed by atoms with E-state index in [0.717, 1.165) is 24.3 Å².